The summed E-state index contributed by atoms with van der Waals surface area (Å²) in [5.41, 5.74) is 4.43. The Morgan fingerprint density at radius 1 is 1.12 bits per heavy atom. The molecule has 0 saturated carbocycles. The fourth-order valence-electron chi connectivity index (χ4n) is 3.62. The molecule has 0 aliphatic carbocycles. The Morgan fingerprint density at radius 3 is 2.65 bits per heavy atom. The number of hydrogen-bond donors (Lipinski definition) is 1. The molecule has 2 heterocycles. The number of methoxy groups -OCH3 is 2. The zero-order valence-corrected chi connectivity index (χ0v) is 15.0. The summed E-state index contributed by atoms with van der Waals surface area (Å²) in [4.78, 5) is 18.2. The predicted molar refractivity (Wildman–Crippen MR) is 101 cm³/mol. The van der Waals surface area contributed by atoms with E-state index < -0.39 is 0 Å². The summed E-state index contributed by atoms with van der Waals surface area (Å²) < 4.78 is 10.6. The Kier molecular flexibility index (Phi) is 4.29. The number of nitrogens with one attached hydrogen (secondary N) is 1. The fraction of sp³-hybridized carbons (Fsp3) is 0.286. The average Bonchev–Trinajstić information content (AvgIpc) is 3.06. The standard InChI is InChI=1S/C21H22N2O3/c1-25-15-8-6-14(7-9-15)12-20(24)23-11-10-18-17(13-23)16-4-3-5-19(26-2)21(16)22-18/h3-9,22H,10-13H2,1-2H3. The first kappa shape index (κ1) is 16.5. The Morgan fingerprint density at radius 2 is 1.92 bits per heavy atom. The minimum atomic E-state index is 0.151. The number of rotatable bonds is 4. The van der Waals surface area contributed by atoms with Crippen LogP contribution < -0.4 is 9.47 Å². The molecule has 3 aromatic rings. The van der Waals surface area contributed by atoms with Gasteiger partial charge in [-0.3, -0.25) is 4.79 Å². The van der Waals surface area contributed by atoms with Crippen molar-refractivity contribution in [2.24, 2.45) is 0 Å². The maximum Gasteiger partial charge on any atom is 0.227 e. The van der Waals surface area contributed by atoms with E-state index in [1.54, 1.807) is 14.2 Å². The van der Waals surface area contributed by atoms with E-state index in [4.69, 9.17) is 9.47 Å². The van der Waals surface area contributed by atoms with Crippen molar-refractivity contribution >= 4 is 16.8 Å². The third-order valence-electron chi connectivity index (χ3n) is 5.06. The second kappa shape index (κ2) is 6.75. The molecule has 26 heavy (non-hydrogen) atoms. The number of ether oxygens (including phenoxy) is 2. The highest BCUT2D eigenvalue weighted by Gasteiger charge is 2.24. The number of carbonyl (C=O) groups excluding carboxylic acids is 1. The molecule has 2 aromatic carbocycles. The van der Waals surface area contributed by atoms with Crippen LogP contribution in [0.1, 0.15) is 16.8 Å². The molecule has 5 nitrogen and oxygen atoms in total. The highest BCUT2D eigenvalue weighted by atomic mass is 16.5. The predicted octanol–water partition coefficient (Wildman–Crippen LogP) is 3.31. The largest absolute Gasteiger partial charge is 0.497 e. The topological polar surface area (TPSA) is 54.6 Å². The van der Waals surface area contributed by atoms with E-state index in [1.165, 1.54) is 11.3 Å². The van der Waals surface area contributed by atoms with Crippen molar-refractivity contribution in [3.8, 4) is 11.5 Å². The normalized spacial score (nSPS) is 13.5. The van der Waals surface area contributed by atoms with Gasteiger partial charge in [-0.1, -0.05) is 24.3 Å². The number of aromatic amines is 1. The van der Waals surface area contributed by atoms with Crippen molar-refractivity contribution in [2.75, 3.05) is 20.8 Å². The number of fused-ring (bicyclic) bond motifs is 3. The number of hydrogen-bond acceptors (Lipinski definition) is 3. The molecule has 1 aromatic heterocycles. The number of aromatic nitrogens is 1. The molecule has 0 atom stereocenters. The van der Waals surface area contributed by atoms with Crippen LogP contribution in [0.15, 0.2) is 42.5 Å². The van der Waals surface area contributed by atoms with Gasteiger partial charge in [-0.05, 0) is 23.8 Å². The van der Waals surface area contributed by atoms with Gasteiger partial charge in [0.2, 0.25) is 5.91 Å². The van der Waals surface area contributed by atoms with Crippen molar-refractivity contribution in [1.82, 2.24) is 9.88 Å². The molecule has 1 amide bonds. The third-order valence-corrected chi connectivity index (χ3v) is 5.06. The number of para-hydroxylation sites is 1. The first-order chi connectivity index (χ1) is 12.7. The number of H-pyrrole nitrogens is 1. The molecule has 134 valence electrons. The highest BCUT2D eigenvalue weighted by molar-refractivity contribution is 5.90. The van der Waals surface area contributed by atoms with Gasteiger partial charge < -0.3 is 19.4 Å². The Hall–Kier alpha value is -2.95. The lowest BCUT2D eigenvalue weighted by Crippen LogP contribution is -2.36. The zero-order chi connectivity index (χ0) is 18.1. The number of nitrogens with zero attached hydrogens (tertiary/aromatic N) is 1. The van der Waals surface area contributed by atoms with Crippen LogP contribution in [-0.2, 0) is 24.2 Å². The molecule has 1 aliphatic rings. The van der Waals surface area contributed by atoms with Crippen LogP contribution in [0.4, 0.5) is 0 Å². The Bertz CT molecular complexity index is 944. The van der Waals surface area contributed by atoms with Crippen LogP contribution in [0.2, 0.25) is 0 Å². The highest BCUT2D eigenvalue weighted by Crippen LogP contribution is 2.33. The summed E-state index contributed by atoms with van der Waals surface area (Å²) in [6.45, 7) is 1.37. The summed E-state index contributed by atoms with van der Waals surface area (Å²) in [5.74, 6) is 1.79. The summed E-state index contributed by atoms with van der Waals surface area (Å²) in [7, 11) is 3.32. The van der Waals surface area contributed by atoms with Gasteiger partial charge in [-0.25, -0.2) is 0 Å². The van der Waals surface area contributed by atoms with Gasteiger partial charge >= 0.3 is 0 Å². The molecule has 0 fully saturated rings. The van der Waals surface area contributed by atoms with E-state index >= 15 is 0 Å². The third kappa shape index (κ3) is 2.90. The molecular weight excluding hydrogens is 328 g/mol. The van der Waals surface area contributed by atoms with Crippen LogP contribution in [0.25, 0.3) is 10.9 Å². The molecule has 5 heteroatoms. The fourth-order valence-corrected chi connectivity index (χ4v) is 3.62. The minimum absolute atomic E-state index is 0.151. The number of benzene rings is 2. The van der Waals surface area contributed by atoms with Gasteiger partial charge in [0.05, 0.1) is 26.2 Å². The van der Waals surface area contributed by atoms with Crippen molar-refractivity contribution in [2.45, 2.75) is 19.4 Å². The summed E-state index contributed by atoms with van der Waals surface area (Å²) in [5, 5.41) is 1.14. The number of amides is 1. The maximum absolute atomic E-state index is 12.8. The summed E-state index contributed by atoms with van der Waals surface area (Å²) in [6, 6.07) is 13.7. The maximum atomic E-state index is 12.8. The van der Waals surface area contributed by atoms with E-state index in [2.05, 4.69) is 11.1 Å². The molecule has 1 N–H and O–H groups in total. The van der Waals surface area contributed by atoms with Gasteiger partial charge in [-0.15, -0.1) is 0 Å². The van der Waals surface area contributed by atoms with Gasteiger partial charge in [0.1, 0.15) is 11.5 Å². The van der Waals surface area contributed by atoms with Gasteiger partial charge in [0.15, 0.2) is 0 Å². The average molecular weight is 350 g/mol. The summed E-state index contributed by atoms with van der Waals surface area (Å²) >= 11 is 0. The van der Waals surface area contributed by atoms with Gasteiger partial charge in [-0.2, -0.15) is 0 Å². The summed E-state index contributed by atoms with van der Waals surface area (Å²) in [6.07, 6.45) is 1.24. The van der Waals surface area contributed by atoms with E-state index in [-0.39, 0.29) is 5.91 Å². The van der Waals surface area contributed by atoms with E-state index in [0.717, 1.165) is 40.9 Å². The van der Waals surface area contributed by atoms with Crippen LogP contribution in [0.5, 0.6) is 11.5 Å². The van der Waals surface area contributed by atoms with Crippen LogP contribution in [0, 0.1) is 0 Å². The monoisotopic (exact) mass is 350 g/mol. The van der Waals surface area contributed by atoms with Crippen molar-refractivity contribution < 1.29 is 14.3 Å². The molecule has 0 unspecified atom stereocenters. The first-order valence-electron chi connectivity index (χ1n) is 8.76. The first-order valence-corrected chi connectivity index (χ1v) is 8.76. The van der Waals surface area contributed by atoms with Crippen molar-refractivity contribution in [1.29, 1.82) is 0 Å². The lowest BCUT2D eigenvalue weighted by molar-refractivity contribution is -0.131. The quantitative estimate of drug-likeness (QED) is 0.785. The minimum Gasteiger partial charge on any atom is -0.497 e. The Labute approximate surface area is 152 Å². The van der Waals surface area contributed by atoms with Gasteiger partial charge in [0, 0.05) is 36.2 Å². The Balaban J connectivity index is 1.54. The van der Waals surface area contributed by atoms with E-state index in [0.29, 0.717) is 13.0 Å². The second-order valence-electron chi connectivity index (χ2n) is 6.56. The lowest BCUT2D eigenvalue weighted by Gasteiger charge is -2.27. The molecule has 0 spiro atoms. The number of carbonyl (C=O) groups is 1. The lowest BCUT2D eigenvalue weighted by atomic mass is 10.0. The molecule has 4 rings (SSSR count). The van der Waals surface area contributed by atoms with Crippen LogP contribution in [-0.4, -0.2) is 36.6 Å². The smallest absolute Gasteiger partial charge is 0.227 e. The van der Waals surface area contributed by atoms with Crippen LogP contribution >= 0.6 is 0 Å². The van der Waals surface area contributed by atoms with E-state index in [1.807, 2.05) is 41.3 Å². The van der Waals surface area contributed by atoms with Crippen molar-refractivity contribution in [3.63, 3.8) is 0 Å². The van der Waals surface area contributed by atoms with Crippen molar-refractivity contribution in [3.05, 3.63) is 59.3 Å². The molecular formula is C21H22N2O3. The molecule has 0 saturated heterocycles. The SMILES string of the molecule is COc1ccc(CC(=O)N2CCc3[nH]c4c(OC)cccc4c3C2)cc1. The second-order valence-corrected chi connectivity index (χ2v) is 6.56. The van der Waals surface area contributed by atoms with Gasteiger partial charge in [0.25, 0.3) is 0 Å². The van der Waals surface area contributed by atoms with Crippen LogP contribution in [0.3, 0.4) is 0 Å². The van der Waals surface area contributed by atoms with E-state index in [9.17, 15) is 4.79 Å². The molecule has 1 aliphatic heterocycles. The zero-order valence-electron chi connectivity index (χ0n) is 15.0. The molecule has 0 radical (unpaired) electrons. The molecule has 0 bridgehead atoms.